The van der Waals surface area contributed by atoms with E-state index in [0.29, 0.717) is 6.61 Å². The Bertz CT molecular complexity index is 647. The summed E-state index contributed by atoms with van der Waals surface area (Å²) in [7, 11) is 0. The minimum absolute atomic E-state index is 0.682. The summed E-state index contributed by atoms with van der Waals surface area (Å²) in [6.07, 6.45) is 5.07. The smallest absolute Gasteiger partial charge is 0.136 e. The van der Waals surface area contributed by atoms with Crippen molar-refractivity contribution in [3.63, 3.8) is 0 Å². The number of ether oxygens (including phenoxy) is 1. The van der Waals surface area contributed by atoms with Crippen molar-refractivity contribution in [3.8, 4) is 5.75 Å². The van der Waals surface area contributed by atoms with Crippen molar-refractivity contribution in [2.75, 3.05) is 13.2 Å². The highest BCUT2D eigenvalue weighted by Crippen LogP contribution is 2.17. The molecule has 5 nitrogen and oxygen atoms in total. The number of rotatable bonds is 8. The lowest BCUT2D eigenvalue weighted by Gasteiger charge is -2.06. The van der Waals surface area contributed by atoms with Crippen molar-refractivity contribution in [3.05, 3.63) is 47.3 Å². The first-order valence-corrected chi connectivity index (χ1v) is 8.15. The quantitative estimate of drug-likeness (QED) is 0.693. The monoisotopic (exact) mass is 314 g/mol. The summed E-state index contributed by atoms with van der Waals surface area (Å²) in [5, 5.41) is 7.91. The first-order valence-electron chi connectivity index (χ1n) is 8.15. The van der Waals surface area contributed by atoms with E-state index in [2.05, 4.69) is 10.3 Å². The van der Waals surface area contributed by atoms with Crippen LogP contribution in [0.2, 0.25) is 0 Å². The average molecular weight is 314 g/mol. The average Bonchev–Trinajstić information content (AvgIpc) is 3.23. The molecule has 0 bridgehead atoms. The predicted molar refractivity (Wildman–Crippen MR) is 87.8 cm³/mol. The second-order valence-electron chi connectivity index (χ2n) is 5.74. The van der Waals surface area contributed by atoms with Gasteiger partial charge in [0.2, 0.25) is 0 Å². The number of unbranched alkanes of at least 4 members (excludes halogenated alkanes) is 2. The fourth-order valence-electron chi connectivity index (χ4n) is 2.55. The Morgan fingerprint density at radius 2 is 2.00 bits per heavy atom. The van der Waals surface area contributed by atoms with Gasteiger partial charge in [0.15, 0.2) is 0 Å². The summed E-state index contributed by atoms with van der Waals surface area (Å²) in [6.45, 7) is 3.36. The standard InChI is InChI=1S/C18H22N2O3/c1-14-13-17(23-19-14)5-3-2-4-11-21-16-8-6-15(7-9-16)18-10-12-22-20-18/h6-9,13H,2-5,10-12H2,1H3. The lowest BCUT2D eigenvalue weighted by Crippen LogP contribution is -2.00. The molecule has 0 saturated heterocycles. The molecule has 2 heterocycles. The van der Waals surface area contributed by atoms with Crippen molar-refractivity contribution in [1.29, 1.82) is 0 Å². The molecule has 23 heavy (non-hydrogen) atoms. The van der Waals surface area contributed by atoms with Gasteiger partial charge in [-0.15, -0.1) is 0 Å². The number of hydrogen-bond acceptors (Lipinski definition) is 5. The maximum absolute atomic E-state index is 5.77. The first-order chi connectivity index (χ1) is 11.3. The van der Waals surface area contributed by atoms with Crippen LogP contribution in [0.1, 0.15) is 42.7 Å². The van der Waals surface area contributed by atoms with Crippen LogP contribution in [0, 0.1) is 6.92 Å². The van der Waals surface area contributed by atoms with Gasteiger partial charge in [-0.05, 0) is 56.0 Å². The van der Waals surface area contributed by atoms with Crippen LogP contribution in [0.5, 0.6) is 5.75 Å². The minimum atomic E-state index is 0.682. The second-order valence-corrected chi connectivity index (χ2v) is 5.74. The van der Waals surface area contributed by atoms with E-state index < -0.39 is 0 Å². The Labute approximate surface area is 136 Å². The summed E-state index contributed by atoms with van der Waals surface area (Å²) in [6, 6.07) is 10.1. The predicted octanol–water partition coefficient (Wildman–Crippen LogP) is 3.90. The number of aryl methyl sites for hydroxylation is 2. The van der Waals surface area contributed by atoms with Crippen molar-refractivity contribution in [1.82, 2.24) is 5.16 Å². The maximum atomic E-state index is 5.77. The van der Waals surface area contributed by atoms with Crippen LogP contribution in [0.4, 0.5) is 0 Å². The van der Waals surface area contributed by atoms with Crippen LogP contribution in [-0.4, -0.2) is 24.1 Å². The zero-order valence-electron chi connectivity index (χ0n) is 13.5. The van der Waals surface area contributed by atoms with E-state index in [4.69, 9.17) is 14.1 Å². The Morgan fingerprint density at radius 3 is 2.70 bits per heavy atom. The van der Waals surface area contributed by atoms with Gasteiger partial charge in [0.25, 0.3) is 0 Å². The van der Waals surface area contributed by atoms with Gasteiger partial charge >= 0.3 is 0 Å². The van der Waals surface area contributed by atoms with Crippen LogP contribution in [0.3, 0.4) is 0 Å². The van der Waals surface area contributed by atoms with E-state index in [1.165, 1.54) is 0 Å². The molecule has 1 aromatic carbocycles. The van der Waals surface area contributed by atoms with Crippen molar-refractivity contribution >= 4 is 5.71 Å². The van der Waals surface area contributed by atoms with E-state index in [1.807, 2.05) is 37.3 Å². The molecular weight excluding hydrogens is 292 g/mol. The summed E-state index contributed by atoms with van der Waals surface area (Å²) in [5.74, 6) is 1.87. The van der Waals surface area contributed by atoms with Gasteiger partial charge in [-0.1, -0.05) is 10.3 Å². The molecule has 1 aromatic heterocycles. The lowest BCUT2D eigenvalue weighted by atomic mass is 10.1. The molecule has 122 valence electrons. The zero-order chi connectivity index (χ0) is 15.9. The highest BCUT2D eigenvalue weighted by molar-refractivity contribution is 6.00. The molecule has 2 aromatic rings. The van der Waals surface area contributed by atoms with Gasteiger partial charge in [0.05, 0.1) is 18.0 Å². The minimum Gasteiger partial charge on any atom is -0.494 e. The highest BCUT2D eigenvalue weighted by atomic mass is 16.6. The van der Waals surface area contributed by atoms with E-state index in [-0.39, 0.29) is 0 Å². The van der Waals surface area contributed by atoms with Crippen LogP contribution in [0.25, 0.3) is 0 Å². The third-order valence-corrected chi connectivity index (χ3v) is 3.81. The summed E-state index contributed by atoms with van der Waals surface area (Å²) >= 11 is 0. The first kappa shape index (κ1) is 15.6. The van der Waals surface area contributed by atoms with Gasteiger partial charge in [0.1, 0.15) is 18.1 Å². The molecule has 0 spiro atoms. The van der Waals surface area contributed by atoms with Gasteiger partial charge in [-0.3, -0.25) is 0 Å². The molecule has 0 saturated carbocycles. The number of aromatic nitrogens is 1. The SMILES string of the molecule is Cc1cc(CCCCCOc2ccc(C3=NOCC3)cc2)on1. The summed E-state index contributed by atoms with van der Waals surface area (Å²) in [5.41, 5.74) is 3.07. The van der Waals surface area contributed by atoms with Gasteiger partial charge in [-0.25, -0.2) is 0 Å². The zero-order valence-corrected chi connectivity index (χ0v) is 13.5. The van der Waals surface area contributed by atoms with Crippen LogP contribution < -0.4 is 4.74 Å². The van der Waals surface area contributed by atoms with E-state index in [0.717, 1.165) is 67.2 Å². The van der Waals surface area contributed by atoms with Crippen LogP contribution in [-0.2, 0) is 11.3 Å². The summed E-state index contributed by atoms with van der Waals surface area (Å²) in [4.78, 5) is 5.02. The molecule has 0 radical (unpaired) electrons. The Balaban J connectivity index is 1.32. The maximum Gasteiger partial charge on any atom is 0.136 e. The topological polar surface area (TPSA) is 56.9 Å². The van der Waals surface area contributed by atoms with Gasteiger partial charge in [-0.2, -0.15) is 0 Å². The molecule has 0 aliphatic carbocycles. The number of nitrogens with zero attached hydrogens (tertiary/aromatic N) is 2. The third kappa shape index (κ3) is 4.58. The van der Waals surface area contributed by atoms with Crippen molar-refractivity contribution in [2.45, 2.75) is 39.0 Å². The fourth-order valence-corrected chi connectivity index (χ4v) is 2.55. The molecule has 1 aliphatic rings. The Morgan fingerprint density at radius 1 is 1.13 bits per heavy atom. The van der Waals surface area contributed by atoms with Crippen molar-refractivity contribution in [2.24, 2.45) is 5.16 Å². The van der Waals surface area contributed by atoms with Crippen LogP contribution >= 0.6 is 0 Å². The number of hydrogen-bond donors (Lipinski definition) is 0. The van der Waals surface area contributed by atoms with E-state index >= 15 is 0 Å². The largest absolute Gasteiger partial charge is 0.494 e. The lowest BCUT2D eigenvalue weighted by molar-refractivity contribution is 0.174. The Kier molecular flexibility index (Phi) is 5.29. The molecule has 1 aliphatic heterocycles. The Hall–Kier alpha value is -2.30. The van der Waals surface area contributed by atoms with Gasteiger partial charge in [0, 0.05) is 18.9 Å². The van der Waals surface area contributed by atoms with E-state index in [9.17, 15) is 0 Å². The van der Waals surface area contributed by atoms with Gasteiger partial charge < -0.3 is 14.1 Å². The second kappa shape index (κ2) is 7.81. The third-order valence-electron chi connectivity index (χ3n) is 3.81. The van der Waals surface area contributed by atoms with Crippen LogP contribution in [0.15, 0.2) is 40.0 Å². The van der Waals surface area contributed by atoms with Crippen molar-refractivity contribution < 1.29 is 14.1 Å². The highest BCUT2D eigenvalue weighted by Gasteiger charge is 2.10. The molecule has 5 heteroatoms. The molecule has 0 amide bonds. The molecule has 0 atom stereocenters. The molecule has 3 rings (SSSR count). The fraction of sp³-hybridized carbons (Fsp3) is 0.444. The van der Waals surface area contributed by atoms with E-state index in [1.54, 1.807) is 0 Å². The number of benzene rings is 1. The molecular formula is C18H22N2O3. The molecule has 0 unspecified atom stereocenters. The normalized spacial score (nSPS) is 13.7. The number of oxime groups is 1. The summed E-state index contributed by atoms with van der Waals surface area (Å²) < 4.78 is 11.0. The molecule has 0 fully saturated rings. The molecule has 0 N–H and O–H groups in total.